The number of alkyl carbamates (subject to hydrolysis) is 1. The number of thiazole rings is 1. The van der Waals surface area contributed by atoms with Crippen molar-refractivity contribution >= 4 is 38.9 Å². The van der Waals surface area contributed by atoms with Crippen LogP contribution in [0, 0.1) is 0 Å². The van der Waals surface area contributed by atoms with Crippen LogP contribution in [0.5, 0.6) is 0 Å². The second-order valence-electron chi connectivity index (χ2n) is 10.6. The summed E-state index contributed by atoms with van der Waals surface area (Å²) in [6, 6.07) is 5.66. The summed E-state index contributed by atoms with van der Waals surface area (Å²) in [5.41, 5.74) is 1.33. The highest BCUT2D eigenvalue weighted by atomic mass is 32.2. The molecule has 38 heavy (non-hydrogen) atoms. The Morgan fingerprint density at radius 1 is 1.03 bits per heavy atom. The van der Waals surface area contributed by atoms with Crippen molar-refractivity contribution in [2.24, 2.45) is 4.36 Å². The highest BCUT2D eigenvalue weighted by Gasteiger charge is 2.28. The van der Waals surface area contributed by atoms with Gasteiger partial charge >= 0.3 is 12.2 Å². The number of nitrogens with zero attached hydrogens (tertiary/aromatic N) is 2. The van der Waals surface area contributed by atoms with Gasteiger partial charge in [-0.3, -0.25) is 5.32 Å². The van der Waals surface area contributed by atoms with Crippen LogP contribution >= 0.6 is 11.3 Å². The molecule has 1 aromatic heterocycles. The summed E-state index contributed by atoms with van der Waals surface area (Å²) in [5, 5.41) is 6.75. The topological polar surface area (TPSA) is 119 Å². The van der Waals surface area contributed by atoms with E-state index in [-0.39, 0.29) is 30.4 Å². The maximum Gasteiger partial charge on any atom is 0.411 e. The van der Waals surface area contributed by atoms with Gasteiger partial charge in [-0.25, -0.2) is 23.1 Å². The lowest BCUT2D eigenvalue weighted by Crippen LogP contribution is -2.38. The van der Waals surface area contributed by atoms with Crippen molar-refractivity contribution in [2.45, 2.75) is 101 Å². The Morgan fingerprint density at radius 2 is 1.68 bits per heavy atom. The Kier molecular flexibility index (Phi) is 8.97. The zero-order valence-corrected chi connectivity index (χ0v) is 24.3. The van der Waals surface area contributed by atoms with Gasteiger partial charge in [-0.05, 0) is 78.4 Å². The van der Waals surface area contributed by atoms with E-state index in [2.05, 4.69) is 15.0 Å². The molecular formula is C27H38N4O5S2. The molecule has 1 aromatic carbocycles. The largest absolute Gasteiger partial charge is 0.447 e. The summed E-state index contributed by atoms with van der Waals surface area (Å²) in [4.78, 5) is 30.4. The van der Waals surface area contributed by atoms with Crippen molar-refractivity contribution < 1.29 is 23.3 Å². The molecule has 2 aliphatic rings. The van der Waals surface area contributed by atoms with Gasteiger partial charge in [0.25, 0.3) is 0 Å². The standard InChI is InChI=1S/C27H38N4O5S2/c1-16(2)35-26(32)29-19-8-6-18(7-9-19)25-28-15-23(37-25)22-13-12-21(30-27(33)36-17(3)4)14-24(22)38(5,34)31-20-10-11-20/h12-20H,6-11H2,1-5H3,(H,29,32)(H,30,33)/t18-,19-,38?. The molecule has 4 rings (SSSR count). The van der Waals surface area contributed by atoms with Crippen molar-refractivity contribution in [3.63, 3.8) is 0 Å². The molecule has 1 heterocycles. The monoisotopic (exact) mass is 562 g/mol. The van der Waals surface area contributed by atoms with E-state index in [0.29, 0.717) is 16.5 Å². The van der Waals surface area contributed by atoms with Gasteiger partial charge in [0.2, 0.25) is 0 Å². The summed E-state index contributed by atoms with van der Waals surface area (Å²) >= 11 is 1.61. The number of hydrogen-bond donors (Lipinski definition) is 2. The summed E-state index contributed by atoms with van der Waals surface area (Å²) in [6.45, 7) is 7.24. The lowest BCUT2D eigenvalue weighted by atomic mass is 9.86. The van der Waals surface area contributed by atoms with Crippen LogP contribution in [0.1, 0.15) is 77.1 Å². The van der Waals surface area contributed by atoms with E-state index in [9.17, 15) is 13.8 Å². The fraction of sp³-hybridized carbons (Fsp3) is 0.593. The first-order valence-electron chi connectivity index (χ1n) is 13.3. The fourth-order valence-electron chi connectivity index (χ4n) is 4.50. The smallest absolute Gasteiger partial charge is 0.411 e. The van der Waals surface area contributed by atoms with E-state index >= 15 is 0 Å². The molecule has 2 amide bonds. The Morgan fingerprint density at radius 3 is 2.32 bits per heavy atom. The Balaban J connectivity index is 1.52. The van der Waals surface area contributed by atoms with E-state index < -0.39 is 15.8 Å². The third kappa shape index (κ3) is 7.69. The van der Waals surface area contributed by atoms with Crippen LogP contribution in [0.4, 0.5) is 15.3 Å². The molecule has 0 bridgehead atoms. The molecule has 0 saturated heterocycles. The van der Waals surface area contributed by atoms with Gasteiger partial charge in [0.05, 0.1) is 42.8 Å². The number of carbonyl (C=O) groups excluding carboxylic acids is 2. The van der Waals surface area contributed by atoms with Crippen LogP contribution in [0.15, 0.2) is 33.7 Å². The number of nitrogens with one attached hydrogen (secondary N) is 2. The highest BCUT2D eigenvalue weighted by molar-refractivity contribution is 7.93. The quantitative estimate of drug-likeness (QED) is 0.377. The van der Waals surface area contributed by atoms with Crippen LogP contribution in [0.3, 0.4) is 0 Å². The lowest BCUT2D eigenvalue weighted by molar-refractivity contribution is 0.109. The molecule has 9 nitrogen and oxygen atoms in total. The highest BCUT2D eigenvalue weighted by Crippen LogP contribution is 2.40. The third-order valence-electron chi connectivity index (χ3n) is 6.41. The molecule has 2 N–H and O–H groups in total. The van der Waals surface area contributed by atoms with Gasteiger partial charge in [-0.2, -0.15) is 0 Å². The molecular weight excluding hydrogens is 524 g/mol. The van der Waals surface area contributed by atoms with E-state index in [1.807, 2.05) is 26.1 Å². The average molecular weight is 563 g/mol. The zero-order valence-electron chi connectivity index (χ0n) is 22.7. The molecule has 0 spiro atoms. The second kappa shape index (κ2) is 12.0. The zero-order chi connectivity index (χ0) is 27.4. The normalized spacial score (nSPS) is 21.0. The predicted molar refractivity (Wildman–Crippen MR) is 150 cm³/mol. The number of rotatable bonds is 8. The Bertz CT molecular complexity index is 1270. The van der Waals surface area contributed by atoms with Gasteiger partial charge in [-0.15, -0.1) is 11.3 Å². The minimum Gasteiger partial charge on any atom is -0.447 e. The van der Waals surface area contributed by atoms with E-state index in [1.54, 1.807) is 43.6 Å². The van der Waals surface area contributed by atoms with Gasteiger partial charge in [-0.1, -0.05) is 6.07 Å². The van der Waals surface area contributed by atoms with E-state index in [4.69, 9.17) is 14.5 Å². The first-order valence-corrected chi connectivity index (χ1v) is 16.0. The van der Waals surface area contributed by atoms with Crippen molar-refractivity contribution in [1.29, 1.82) is 0 Å². The molecule has 2 aliphatic carbocycles. The molecule has 1 atom stereocenters. The minimum absolute atomic E-state index is 0.111. The number of aromatic nitrogens is 1. The Labute approximate surface area is 229 Å². The molecule has 0 aliphatic heterocycles. The molecule has 2 saturated carbocycles. The first kappa shape index (κ1) is 28.4. The summed E-state index contributed by atoms with van der Waals surface area (Å²) in [6.07, 6.45) is 7.71. The predicted octanol–water partition coefficient (Wildman–Crippen LogP) is 6.55. The van der Waals surface area contributed by atoms with Crippen molar-refractivity contribution in [2.75, 3.05) is 11.6 Å². The summed E-state index contributed by atoms with van der Waals surface area (Å²) in [7, 11) is -2.69. The number of amides is 2. The minimum atomic E-state index is -2.69. The second-order valence-corrected chi connectivity index (χ2v) is 14.0. The molecule has 11 heteroatoms. The van der Waals surface area contributed by atoms with E-state index in [0.717, 1.165) is 54.0 Å². The summed E-state index contributed by atoms with van der Waals surface area (Å²) < 4.78 is 28.8. The van der Waals surface area contributed by atoms with Gasteiger partial charge in [0, 0.05) is 35.7 Å². The van der Waals surface area contributed by atoms with Gasteiger partial charge < -0.3 is 14.8 Å². The average Bonchev–Trinajstić information content (AvgIpc) is 3.49. The van der Waals surface area contributed by atoms with Crippen LogP contribution < -0.4 is 10.6 Å². The van der Waals surface area contributed by atoms with Crippen molar-refractivity contribution in [3.05, 3.63) is 29.4 Å². The maximum absolute atomic E-state index is 13.8. The van der Waals surface area contributed by atoms with Crippen LogP contribution in [0.2, 0.25) is 0 Å². The fourth-order valence-corrected chi connectivity index (χ4v) is 7.52. The van der Waals surface area contributed by atoms with Gasteiger partial charge in [0.15, 0.2) is 0 Å². The molecule has 2 aromatic rings. The first-order chi connectivity index (χ1) is 18.0. The van der Waals surface area contributed by atoms with E-state index in [1.165, 1.54) is 0 Å². The van der Waals surface area contributed by atoms with Gasteiger partial charge in [0.1, 0.15) is 0 Å². The number of benzene rings is 1. The maximum atomic E-state index is 13.8. The van der Waals surface area contributed by atoms with Crippen molar-refractivity contribution in [3.8, 4) is 10.4 Å². The number of carbonyl (C=O) groups is 2. The van der Waals surface area contributed by atoms with Crippen LogP contribution in [0.25, 0.3) is 10.4 Å². The molecule has 1 unspecified atom stereocenters. The molecule has 0 radical (unpaired) electrons. The number of ether oxygens (including phenoxy) is 2. The number of hydrogen-bond acceptors (Lipinski definition) is 8. The SMILES string of the molecule is CC(C)OC(=O)Nc1ccc(-c2cnc([C@H]3CC[C@H](NC(=O)OC(C)C)CC3)s2)c(S(C)(=O)=NC2CC2)c1. The van der Waals surface area contributed by atoms with Crippen molar-refractivity contribution in [1.82, 2.24) is 10.3 Å². The third-order valence-corrected chi connectivity index (χ3v) is 9.45. The van der Waals surface area contributed by atoms with Crippen LogP contribution in [-0.2, 0) is 19.2 Å². The molecule has 2 fully saturated rings. The molecule has 208 valence electrons. The summed E-state index contributed by atoms with van der Waals surface area (Å²) in [5.74, 6) is 0.310. The number of anilines is 1. The lowest BCUT2D eigenvalue weighted by Gasteiger charge is -2.28. The van der Waals surface area contributed by atoms with Crippen LogP contribution in [-0.4, -0.2) is 51.9 Å². The Hall–Kier alpha value is -2.66.